The minimum absolute atomic E-state index is 0.0198. The number of hydroxylamine groups is 2. The third-order valence-electron chi connectivity index (χ3n) is 9.31. The zero-order chi connectivity index (χ0) is 34.0. The molecule has 2 rings (SSSR count). The lowest BCUT2D eigenvalue weighted by molar-refractivity contribution is -0.308. The average molecular weight is 630 g/mol. The van der Waals surface area contributed by atoms with Gasteiger partial charge in [0.1, 0.15) is 11.6 Å². The Balaban J connectivity index is 2.53. The molecular weight excluding hydrogens is 566 g/mol. The van der Waals surface area contributed by atoms with Crippen LogP contribution in [0.2, 0.25) is 0 Å². The van der Waals surface area contributed by atoms with Gasteiger partial charge in [0, 0.05) is 18.5 Å². The Morgan fingerprint density at radius 3 is 2.16 bits per heavy atom. The van der Waals surface area contributed by atoms with Gasteiger partial charge in [-0.2, -0.15) is 5.06 Å². The highest BCUT2D eigenvalue weighted by Gasteiger charge is 2.58. The van der Waals surface area contributed by atoms with E-state index in [0.717, 1.165) is 24.9 Å². The van der Waals surface area contributed by atoms with Crippen LogP contribution in [0.3, 0.4) is 0 Å². The van der Waals surface area contributed by atoms with Gasteiger partial charge in [-0.05, 0) is 105 Å². The van der Waals surface area contributed by atoms with Crippen molar-refractivity contribution in [1.29, 1.82) is 0 Å². The molecule has 256 valence electrons. The summed E-state index contributed by atoms with van der Waals surface area (Å²) in [5.41, 5.74) is -0.743. The summed E-state index contributed by atoms with van der Waals surface area (Å²) in [7, 11) is 3.98. The molecule has 0 spiro atoms. The molecule has 1 heterocycles. The van der Waals surface area contributed by atoms with E-state index in [1.54, 1.807) is 0 Å². The van der Waals surface area contributed by atoms with Crippen molar-refractivity contribution in [3.63, 3.8) is 0 Å². The van der Waals surface area contributed by atoms with Crippen LogP contribution in [0.25, 0.3) is 0 Å². The van der Waals surface area contributed by atoms with Crippen LogP contribution in [-0.2, 0) is 24.0 Å². The van der Waals surface area contributed by atoms with Crippen molar-refractivity contribution in [3.05, 3.63) is 35.9 Å². The molecule has 0 N–H and O–H groups in total. The van der Waals surface area contributed by atoms with Crippen molar-refractivity contribution in [2.24, 2.45) is 5.92 Å². The lowest BCUT2D eigenvalue weighted by Gasteiger charge is -2.59. The van der Waals surface area contributed by atoms with Gasteiger partial charge in [-0.25, -0.2) is 0 Å². The Morgan fingerprint density at radius 1 is 1.00 bits per heavy atom. The number of ketones is 1. The van der Waals surface area contributed by atoms with E-state index in [0.29, 0.717) is 45.3 Å². The van der Waals surface area contributed by atoms with Crippen molar-refractivity contribution in [3.8, 4) is 0 Å². The third-order valence-corrected chi connectivity index (χ3v) is 9.31. The second-order valence-corrected chi connectivity index (χ2v) is 14.9. The number of hydrogen-bond donors (Lipinski definition) is 0. The fraction of sp³-hybridized carbons (Fsp3) is 0.757. The van der Waals surface area contributed by atoms with Crippen LogP contribution in [-0.4, -0.2) is 89.0 Å². The summed E-state index contributed by atoms with van der Waals surface area (Å²) in [5, 5.41) is 1.85. The number of piperazine rings is 1. The summed E-state index contributed by atoms with van der Waals surface area (Å²) in [4.78, 5) is 52.9. The Kier molecular flexibility index (Phi) is 14.7. The zero-order valence-electron chi connectivity index (χ0n) is 30.3. The molecule has 1 fully saturated rings. The second-order valence-electron chi connectivity index (χ2n) is 14.9. The lowest BCUT2D eigenvalue weighted by atomic mass is 9.80. The summed E-state index contributed by atoms with van der Waals surface area (Å²) < 4.78 is 5.77. The number of benzene rings is 1. The molecule has 0 saturated carbocycles. The maximum Gasteiger partial charge on any atom is 0.309 e. The van der Waals surface area contributed by atoms with Crippen LogP contribution >= 0.6 is 0 Å². The van der Waals surface area contributed by atoms with Gasteiger partial charge in [-0.1, -0.05) is 64.4 Å². The van der Waals surface area contributed by atoms with E-state index in [4.69, 9.17) is 9.57 Å². The minimum Gasteiger partial charge on any atom is -0.465 e. The number of unbranched alkanes of at least 4 members (excludes halogenated alkanes) is 1. The number of rotatable bonds is 18. The van der Waals surface area contributed by atoms with Gasteiger partial charge in [0.05, 0.1) is 18.1 Å². The van der Waals surface area contributed by atoms with Crippen LogP contribution in [0.1, 0.15) is 125 Å². The van der Waals surface area contributed by atoms with E-state index < -0.39 is 23.1 Å². The first-order valence-electron chi connectivity index (χ1n) is 17.2. The second kappa shape index (κ2) is 17.0. The fourth-order valence-corrected chi connectivity index (χ4v) is 6.48. The highest BCUT2D eigenvalue weighted by molar-refractivity contribution is 5.88. The number of amides is 1. The van der Waals surface area contributed by atoms with Crippen LogP contribution in [0.5, 0.6) is 0 Å². The van der Waals surface area contributed by atoms with Crippen LogP contribution in [0.4, 0.5) is 0 Å². The Hall–Kier alpha value is -2.29. The lowest BCUT2D eigenvalue weighted by Crippen LogP contribution is -2.75. The summed E-state index contributed by atoms with van der Waals surface area (Å²) >= 11 is 0. The molecule has 1 saturated heterocycles. The van der Waals surface area contributed by atoms with E-state index in [1.165, 1.54) is 0 Å². The first kappa shape index (κ1) is 38.9. The molecule has 1 aromatic carbocycles. The molecule has 1 aromatic rings. The number of nitrogens with zero attached hydrogens (tertiary/aromatic N) is 3. The summed E-state index contributed by atoms with van der Waals surface area (Å²) in [6.07, 6.45) is 3.66. The number of ether oxygens (including phenoxy) is 1. The van der Waals surface area contributed by atoms with Gasteiger partial charge >= 0.3 is 5.97 Å². The first-order chi connectivity index (χ1) is 21.0. The van der Waals surface area contributed by atoms with Gasteiger partial charge in [0.25, 0.3) is 0 Å². The number of carbonyl (C=O) groups excluding carboxylic acids is 3. The zero-order valence-corrected chi connectivity index (χ0v) is 30.3. The smallest absolute Gasteiger partial charge is 0.309 e. The number of carbonyl (C=O) groups is 3. The Bertz CT molecular complexity index is 1080. The van der Waals surface area contributed by atoms with Crippen molar-refractivity contribution in [2.75, 3.05) is 33.8 Å². The molecule has 45 heavy (non-hydrogen) atoms. The molecular formula is C37H63N3O5. The molecule has 3 atom stereocenters. The quantitative estimate of drug-likeness (QED) is 0.128. The number of Topliss-reactive ketones (excluding diaryl/α,β-unsaturated/α-hetero) is 1. The number of esters is 1. The molecule has 8 nitrogen and oxygen atoms in total. The monoisotopic (exact) mass is 629 g/mol. The third kappa shape index (κ3) is 10.4. The summed E-state index contributed by atoms with van der Waals surface area (Å²) in [6, 6.07) is 10.1. The summed E-state index contributed by atoms with van der Waals surface area (Å²) in [6.45, 7) is 20.2. The van der Waals surface area contributed by atoms with E-state index in [9.17, 15) is 14.4 Å². The maximum absolute atomic E-state index is 14.3. The van der Waals surface area contributed by atoms with Crippen LogP contribution < -0.4 is 0 Å². The molecule has 1 aliphatic heterocycles. The summed E-state index contributed by atoms with van der Waals surface area (Å²) in [5.74, 6) is -0.763. The first-order valence-corrected chi connectivity index (χ1v) is 17.2. The van der Waals surface area contributed by atoms with Gasteiger partial charge in [0.15, 0.2) is 5.78 Å². The molecule has 1 aliphatic rings. The fourth-order valence-electron chi connectivity index (χ4n) is 6.48. The van der Waals surface area contributed by atoms with Crippen molar-refractivity contribution in [2.45, 2.75) is 142 Å². The SMILES string of the molecule is CCCCOC(=O)C(CC(ON1C(C)(C)CN(C(C)(C)C)C(=O)C1(CC)CC)C(=O)CCCN(C)C)CC(C)c1ccccc1. The van der Waals surface area contributed by atoms with Gasteiger partial charge in [0.2, 0.25) is 5.91 Å². The predicted molar refractivity (Wildman–Crippen MR) is 182 cm³/mol. The predicted octanol–water partition coefficient (Wildman–Crippen LogP) is 7.02. The van der Waals surface area contributed by atoms with E-state index in [1.807, 2.05) is 56.1 Å². The molecule has 0 radical (unpaired) electrons. The van der Waals surface area contributed by atoms with Crippen molar-refractivity contribution < 1.29 is 24.0 Å². The molecule has 0 aliphatic carbocycles. The standard InChI is InChI=1S/C37H63N3O5/c1-12-15-24-44-33(42)30(25-28(4)29-20-17-16-18-21-29)26-32(31(41)22-19-23-38(10)11)45-40-36(8,9)27-39(35(5,6)7)34(43)37(40,13-2)14-3/h16-18,20-21,28,30,32H,12-15,19,22-27H2,1-11H3. The Labute approximate surface area is 274 Å². The molecule has 0 bridgehead atoms. The van der Waals surface area contributed by atoms with Crippen LogP contribution in [0, 0.1) is 5.92 Å². The molecule has 0 aromatic heterocycles. The highest BCUT2D eigenvalue weighted by Crippen LogP contribution is 2.42. The van der Waals surface area contributed by atoms with Gasteiger partial charge < -0.3 is 14.5 Å². The van der Waals surface area contributed by atoms with Gasteiger partial charge in [-0.3, -0.25) is 19.2 Å². The largest absolute Gasteiger partial charge is 0.465 e. The average Bonchev–Trinajstić information content (AvgIpc) is 2.98. The topological polar surface area (TPSA) is 79.4 Å². The van der Waals surface area contributed by atoms with E-state index in [-0.39, 0.29) is 35.5 Å². The minimum atomic E-state index is -0.939. The normalized spacial score (nSPS) is 18.9. The van der Waals surface area contributed by atoms with Crippen molar-refractivity contribution in [1.82, 2.24) is 14.9 Å². The maximum atomic E-state index is 14.3. The molecule has 8 heteroatoms. The molecule has 1 amide bonds. The highest BCUT2D eigenvalue weighted by atomic mass is 16.7. The van der Waals surface area contributed by atoms with E-state index >= 15 is 0 Å². The molecule has 3 unspecified atom stereocenters. The number of hydrogen-bond acceptors (Lipinski definition) is 7. The van der Waals surface area contributed by atoms with Crippen molar-refractivity contribution >= 4 is 17.7 Å². The van der Waals surface area contributed by atoms with Gasteiger partial charge in [-0.15, -0.1) is 0 Å². The Morgan fingerprint density at radius 2 is 1.62 bits per heavy atom. The van der Waals surface area contributed by atoms with Crippen LogP contribution in [0.15, 0.2) is 30.3 Å². The van der Waals surface area contributed by atoms with E-state index in [2.05, 4.69) is 65.5 Å².